The lowest BCUT2D eigenvalue weighted by molar-refractivity contribution is -0.137. The van der Waals surface area contributed by atoms with Crippen LogP contribution in [0, 0.1) is 0 Å². The number of carbonyl (C=O) groups excluding carboxylic acids is 1. The molecule has 8 heteroatoms. The number of aromatic nitrogens is 1. The van der Waals surface area contributed by atoms with Crippen LogP contribution >= 0.6 is 11.3 Å². The fraction of sp³-hybridized carbons (Fsp3) is 0.200. The molecule has 0 bridgehead atoms. The van der Waals surface area contributed by atoms with Crippen LogP contribution in [0.25, 0.3) is 10.6 Å². The first-order valence-corrected chi connectivity index (χ1v) is 9.22. The zero-order valence-electron chi connectivity index (χ0n) is 14.8. The Balaban J connectivity index is 1.82. The summed E-state index contributed by atoms with van der Waals surface area (Å²) < 4.78 is 48.7. The first-order valence-electron chi connectivity index (χ1n) is 8.40. The highest BCUT2D eigenvalue weighted by Gasteiger charge is 2.30. The van der Waals surface area contributed by atoms with Crippen molar-refractivity contribution in [1.29, 1.82) is 0 Å². The number of rotatable bonds is 6. The number of esters is 1. The van der Waals surface area contributed by atoms with Gasteiger partial charge >= 0.3 is 12.1 Å². The predicted octanol–water partition coefficient (Wildman–Crippen LogP) is 5.58. The predicted molar refractivity (Wildman–Crippen MR) is 99.3 cm³/mol. The molecule has 146 valence electrons. The summed E-state index contributed by atoms with van der Waals surface area (Å²) in [5.74, 6) is -0.452. The lowest BCUT2D eigenvalue weighted by Gasteiger charge is -2.08. The molecule has 1 aromatic heterocycles. The SMILES string of the molecule is CCOC(=O)c1sc(-c2ccccc2)nc1OCc1ccc(C(F)(F)F)cc1. The second-order valence-electron chi connectivity index (χ2n) is 5.72. The monoisotopic (exact) mass is 407 g/mol. The van der Waals surface area contributed by atoms with Crippen molar-refractivity contribution in [3.63, 3.8) is 0 Å². The van der Waals surface area contributed by atoms with Gasteiger partial charge in [0.25, 0.3) is 0 Å². The summed E-state index contributed by atoms with van der Waals surface area (Å²) in [5, 5.41) is 0.589. The molecule has 0 saturated heterocycles. The highest BCUT2D eigenvalue weighted by molar-refractivity contribution is 7.17. The third-order valence-electron chi connectivity index (χ3n) is 3.73. The van der Waals surface area contributed by atoms with E-state index in [1.54, 1.807) is 6.92 Å². The standard InChI is InChI=1S/C20H16F3NO3S/c1-2-26-19(25)16-17(24-18(28-16)14-6-4-3-5-7-14)27-12-13-8-10-15(11-9-13)20(21,22)23/h3-11H,2,12H2,1H3. The van der Waals surface area contributed by atoms with Crippen molar-refractivity contribution in [3.05, 3.63) is 70.6 Å². The summed E-state index contributed by atoms with van der Waals surface area (Å²) in [6, 6.07) is 13.9. The van der Waals surface area contributed by atoms with Gasteiger partial charge in [0.1, 0.15) is 11.6 Å². The van der Waals surface area contributed by atoms with Crippen LogP contribution in [0.4, 0.5) is 13.2 Å². The van der Waals surface area contributed by atoms with E-state index in [-0.39, 0.29) is 24.0 Å². The molecule has 0 unspecified atom stereocenters. The Morgan fingerprint density at radius 3 is 2.36 bits per heavy atom. The van der Waals surface area contributed by atoms with E-state index in [0.29, 0.717) is 10.6 Å². The number of benzene rings is 2. The van der Waals surface area contributed by atoms with E-state index >= 15 is 0 Å². The molecule has 2 aromatic carbocycles. The fourth-order valence-electron chi connectivity index (χ4n) is 2.38. The average Bonchev–Trinajstić information content (AvgIpc) is 3.11. The summed E-state index contributed by atoms with van der Waals surface area (Å²) in [7, 11) is 0. The zero-order chi connectivity index (χ0) is 20.1. The molecule has 4 nitrogen and oxygen atoms in total. The number of halogens is 3. The quantitative estimate of drug-likeness (QED) is 0.500. The highest BCUT2D eigenvalue weighted by atomic mass is 32.1. The lowest BCUT2D eigenvalue weighted by Crippen LogP contribution is -2.07. The van der Waals surface area contributed by atoms with Crippen LogP contribution in [0.2, 0.25) is 0 Å². The van der Waals surface area contributed by atoms with Crippen molar-refractivity contribution < 1.29 is 27.4 Å². The molecule has 0 aliphatic heterocycles. The third kappa shape index (κ3) is 4.69. The normalized spacial score (nSPS) is 11.3. The molecule has 0 spiro atoms. The van der Waals surface area contributed by atoms with Crippen LogP contribution in [0.1, 0.15) is 27.7 Å². The van der Waals surface area contributed by atoms with E-state index in [2.05, 4.69) is 4.98 Å². The van der Waals surface area contributed by atoms with E-state index in [0.717, 1.165) is 29.0 Å². The second kappa shape index (κ2) is 8.43. The van der Waals surface area contributed by atoms with Gasteiger partial charge in [0.2, 0.25) is 5.88 Å². The maximum absolute atomic E-state index is 12.7. The summed E-state index contributed by atoms with van der Waals surface area (Å²) in [4.78, 5) is 16.8. The average molecular weight is 407 g/mol. The number of nitrogens with zero attached hydrogens (tertiary/aromatic N) is 1. The molecule has 3 rings (SSSR count). The van der Waals surface area contributed by atoms with E-state index in [1.165, 1.54) is 12.1 Å². The van der Waals surface area contributed by atoms with Crippen molar-refractivity contribution in [2.24, 2.45) is 0 Å². The van der Waals surface area contributed by atoms with Crippen LogP contribution in [-0.2, 0) is 17.5 Å². The Bertz CT molecular complexity index is 938. The lowest BCUT2D eigenvalue weighted by atomic mass is 10.1. The molecule has 0 atom stereocenters. The Morgan fingerprint density at radius 1 is 1.07 bits per heavy atom. The van der Waals surface area contributed by atoms with Crippen molar-refractivity contribution >= 4 is 17.3 Å². The van der Waals surface area contributed by atoms with Crippen molar-refractivity contribution in [2.45, 2.75) is 19.7 Å². The first kappa shape index (κ1) is 19.9. The third-order valence-corrected chi connectivity index (χ3v) is 4.80. The van der Waals surface area contributed by atoms with Gasteiger partial charge in [-0.25, -0.2) is 9.78 Å². The van der Waals surface area contributed by atoms with Crippen molar-refractivity contribution in [2.75, 3.05) is 6.61 Å². The van der Waals surface area contributed by atoms with Gasteiger partial charge in [0.15, 0.2) is 4.88 Å². The van der Waals surface area contributed by atoms with E-state index in [1.807, 2.05) is 30.3 Å². The van der Waals surface area contributed by atoms with Crippen LogP contribution in [0.3, 0.4) is 0 Å². The van der Waals surface area contributed by atoms with Gasteiger partial charge in [-0.3, -0.25) is 0 Å². The van der Waals surface area contributed by atoms with E-state index < -0.39 is 17.7 Å². The molecule has 0 aliphatic carbocycles. The summed E-state index contributed by atoms with van der Waals surface area (Å²) in [6.45, 7) is 1.87. The van der Waals surface area contributed by atoms with Gasteiger partial charge in [-0.2, -0.15) is 13.2 Å². The van der Waals surface area contributed by atoms with Crippen LogP contribution in [0.5, 0.6) is 5.88 Å². The number of hydrogen-bond donors (Lipinski definition) is 0. The van der Waals surface area contributed by atoms with Gasteiger partial charge < -0.3 is 9.47 Å². The molecule has 0 N–H and O–H groups in total. The van der Waals surface area contributed by atoms with Gasteiger partial charge in [-0.15, -0.1) is 11.3 Å². The number of thiazole rings is 1. The molecule has 3 aromatic rings. The Morgan fingerprint density at radius 2 is 1.75 bits per heavy atom. The highest BCUT2D eigenvalue weighted by Crippen LogP contribution is 2.34. The summed E-state index contributed by atoms with van der Waals surface area (Å²) >= 11 is 1.14. The Kier molecular flexibility index (Phi) is 5.99. The summed E-state index contributed by atoms with van der Waals surface area (Å²) in [5.41, 5.74) is 0.614. The Labute approximate surface area is 163 Å². The molecule has 0 amide bonds. The van der Waals surface area contributed by atoms with Crippen LogP contribution in [-0.4, -0.2) is 17.6 Å². The minimum absolute atomic E-state index is 0.0253. The van der Waals surface area contributed by atoms with Gasteiger partial charge in [-0.1, -0.05) is 42.5 Å². The molecular weight excluding hydrogens is 391 g/mol. The molecule has 1 heterocycles. The number of ether oxygens (including phenoxy) is 2. The number of alkyl halides is 3. The molecule has 0 aliphatic rings. The van der Waals surface area contributed by atoms with Crippen molar-refractivity contribution in [3.8, 4) is 16.5 Å². The van der Waals surface area contributed by atoms with E-state index in [9.17, 15) is 18.0 Å². The minimum Gasteiger partial charge on any atom is -0.472 e. The smallest absolute Gasteiger partial charge is 0.416 e. The first-order chi connectivity index (χ1) is 13.4. The van der Waals surface area contributed by atoms with Gasteiger partial charge in [-0.05, 0) is 24.6 Å². The Hall–Kier alpha value is -2.87. The largest absolute Gasteiger partial charge is 0.472 e. The molecule has 0 fully saturated rings. The molecular formula is C20H16F3NO3S. The van der Waals surface area contributed by atoms with Crippen LogP contribution < -0.4 is 4.74 Å². The molecule has 0 saturated carbocycles. The maximum atomic E-state index is 12.7. The summed E-state index contributed by atoms with van der Waals surface area (Å²) in [6.07, 6.45) is -4.39. The van der Waals surface area contributed by atoms with Gasteiger partial charge in [0, 0.05) is 5.56 Å². The minimum atomic E-state index is -4.39. The van der Waals surface area contributed by atoms with Crippen molar-refractivity contribution in [1.82, 2.24) is 4.98 Å². The van der Waals surface area contributed by atoms with Gasteiger partial charge in [0.05, 0.1) is 12.2 Å². The number of carbonyl (C=O) groups is 1. The van der Waals surface area contributed by atoms with E-state index in [4.69, 9.17) is 9.47 Å². The topological polar surface area (TPSA) is 48.4 Å². The number of hydrogen-bond acceptors (Lipinski definition) is 5. The molecule has 0 radical (unpaired) electrons. The van der Waals surface area contributed by atoms with Crippen LogP contribution in [0.15, 0.2) is 54.6 Å². The second-order valence-corrected chi connectivity index (χ2v) is 6.72. The fourth-order valence-corrected chi connectivity index (χ4v) is 3.29. The molecule has 28 heavy (non-hydrogen) atoms. The maximum Gasteiger partial charge on any atom is 0.416 e. The zero-order valence-corrected chi connectivity index (χ0v) is 15.6.